The van der Waals surface area contributed by atoms with Gasteiger partial charge < -0.3 is 10.3 Å². The van der Waals surface area contributed by atoms with Crippen molar-refractivity contribution in [2.75, 3.05) is 5.32 Å². The average molecular weight is 352 g/mol. The lowest BCUT2D eigenvalue weighted by atomic mass is 9.84. The third-order valence-corrected chi connectivity index (χ3v) is 3.78. The first-order valence-corrected chi connectivity index (χ1v) is 7.62. The molecule has 0 spiro atoms. The third kappa shape index (κ3) is 4.29. The first-order chi connectivity index (χ1) is 11.4. The topological polar surface area (TPSA) is 62.0 Å². The maximum absolute atomic E-state index is 12.8. The van der Waals surface area contributed by atoms with Crippen LogP contribution in [-0.2, 0) is 11.6 Å². The number of anilines is 1. The van der Waals surface area contributed by atoms with Crippen LogP contribution in [0, 0.1) is 6.92 Å². The van der Waals surface area contributed by atoms with Crippen LogP contribution in [0.5, 0.6) is 0 Å². The number of aromatic amines is 1. The Labute approximate surface area is 143 Å². The summed E-state index contributed by atoms with van der Waals surface area (Å²) in [6.07, 6.45) is -4.11. The Morgan fingerprint density at radius 1 is 1.12 bits per heavy atom. The van der Waals surface area contributed by atoms with Crippen LogP contribution in [0.3, 0.4) is 0 Å². The quantitative estimate of drug-likeness (QED) is 0.849. The van der Waals surface area contributed by atoms with Gasteiger partial charge in [0.1, 0.15) is 5.56 Å². The normalized spacial score (nSPS) is 12.1. The van der Waals surface area contributed by atoms with Crippen LogP contribution >= 0.6 is 0 Å². The molecular formula is C18H19F3N2O2. The summed E-state index contributed by atoms with van der Waals surface area (Å²) >= 11 is 0. The van der Waals surface area contributed by atoms with E-state index in [1.165, 1.54) is 0 Å². The number of aromatic nitrogens is 1. The highest BCUT2D eigenvalue weighted by molar-refractivity contribution is 6.04. The van der Waals surface area contributed by atoms with Crippen LogP contribution in [0.15, 0.2) is 35.3 Å². The monoisotopic (exact) mass is 352 g/mol. The van der Waals surface area contributed by atoms with Crippen LogP contribution in [0.4, 0.5) is 18.9 Å². The summed E-state index contributed by atoms with van der Waals surface area (Å²) in [6, 6.07) is 5.76. The molecule has 0 saturated heterocycles. The molecule has 7 heteroatoms. The molecule has 134 valence electrons. The maximum Gasteiger partial charge on any atom is 0.417 e. The summed E-state index contributed by atoms with van der Waals surface area (Å²) in [5.74, 6) is -0.893. The maximum atomic E-state index is 12.8. The van der Waals surface area contributed by atoms with Gasteiger partial charge in [0.15, 0.2) is 0 Å². The fourth-order valence-electron chi connectivity index (χ4n) is 2.52. The number of hydrogen-bond donors (Lipinski definition) is 2. The predicted molar refractivity (Wildman–Crippen MR) is 89.9 cm³/mol. The van der Waals surface area contributed by atoms with E-state index in [1.54, 1.807) is 12.1 Å². The van der Waals surface area contributed by atoms with E-state index < -0.39 is 28.8 Å². The molecule has 1 heterocycles. The van der Waals surface area contributed by atoms with E-state index in [0.29, 0.717) is 18.0 Å². The van der Waals surface area contributed by atoms with E-state index in [-0.39, 0.29) is 5.41 Å². The van der Waals surface area contributed by atoms with Crippen molar-refractivity contribution < 1.29 is 18.0 Å². The largest absolute Gasteiger partial charge is 0.417 e. The first kappa shape index (κ1) is 18.8. The molecule has 2 N–H and O–H groups in total. The van der Waals surface area contributed by atoms with E-state index in [0.717, 1.165) is 11.1 Å². The second-order valence-electron chi connectivity index (χ2n) is 6.86. The lowest BCUT2D eigenvalue weighted by Crippen LogP contribution is -2.25. The predicted octanol–water partition coefficient (Wildman–Crippen LogP) is 4.25. The van der Waals surface area contributed by atoms with E-state index >= 15 is 0 Å². The minimum Gasteiger partial charge on any atom is -0.328 e. The minimum atomic E-state index is -4.65. The minimum absolute atomic E-state index is 0.168. The smallest absolute Gasteiger partial charge is 0.328 e. The van der Waals surface area contributed by atoms with Crippen LogP contribution in [0.1, 0.15) is 47.8 Å². The number of H-pyrrole nitrogens is 1. The highest BCUT2D eigenvalue weighted by atomic mass is 19.4. The zero-order valence-electron chi connectivity index (χ0n) is 14.3. The SMILES string of the molecule is Cc1ccc(NC(=O)c2cc(C(F)(F)F)c[nH]c2=O)cc1C(C)(C)C. The molecule has 0 unspecified atom stereocenters. The van der Waals surface area contributed by atoms with Gasteiger partial charge >= 0.3 is 6.18 Å². The molecule has 25 heavy (non-hydrogen) atoms. The van der Waals surface area contributed by atoms with E-state index in [1.807, 2.05) is 38.7 Å². The number of nitrogens with one attached hydrogen (secondary N) is 2. The van der Waals surface area contributed by atoms with E-state index in [4.69, 9.17) is 0 Å². The number of amides is 1. The molecule has 0 aliphatic carbocycles. The summed E-state index contributed by atoms with van der Waals surface area (Å²) in [6.45, 7) is 7.97. The van der Waals surface area contributed by atoms with Crippen molar-refractivity contribution in [1.82, 2.24) is 4.98 Å². The molecule has 0 radical (unpaired) electrons. The second kappa shape index (κ2) is 6.38. The molecule has 2 rings (SSSR count). The van der Waals surface area contributed by atoms with Crippen molar-refractivity contribution in [2.45, 2.75) is 39.3 Å². The van der Waals surface area contributed by atoms with Crippen LogP contribution in [0.25, 0.3) is 0 Å². The van der Waals surface area contributed by atoms with Crippen molar-refractivity contribution >= 4 is 11.6 Å². The van der Waals surface area contributed by atoms with Gasteiger partial charge in [-0.3, -0.25) is 9.59 Å². The molecule has 0 fully saturated rings. The first-order valence-electron chi connectivity index (χ1n) is 7.62. The van der Waals surface area contributed by atoms with Crippen molar-refractivity contribution in [3.8, 4) is 0 Å². The molecule has 0 aliphatic heterocycles. The molecule has 1 aromatic carbocycles. The average Bonchev–Trinajstić information content (AvgIpc) is 2.47. The van der Waals surface area contributed by atoms with Gasteiger partial charge in [-0.15, -0.1) is 0 Å². The van der Waals surface area contributed by atoms with Gasteiger partial charge in [0.25, 0.3) is 11.5 Å². The van der Waals surface area contributed by atoms with Gasteiger partial charge in [-0.2, -0.15) is 13.2 Å². The summed E-state index contributed by atoms with van der Waals surface area (Å²) in [4.78, 5) is 25.9. The molecule has 0 aliphatic rings. The van der Waals surface area contributed by atoms with Crippen LogP contribution in [-0.4, -0.2) is 10.9 Å². The molecule has 1 aromatic heterocycles. The number of alkyl halides is 3. The Morgan fingerprint density at radius 2 is 1.76 bits per heavy atom. The summed E-state index contributed by atoms with van der Waals surface area (Å²) < 4.78 is 38.3. The van der Waals surface area contributed by atoms with Crippen LogP contribution < -0.4 is 10.9 Å². The molecule has 0 saturated carbocycles. The van der Waals surface area contributed by atoms with E-state index in [9.17, 15) is 22.8 Å². The number of carbonyl (C=O) groups is 1. The summed E-state index contributed by atoms with van der Waals surface area (Å²) in [7, 11) is 0. The number of hydrogen-bond acceptors (Lipinski definition) is 2. The molecule has 0 bridgehead atoms. The van der Waals surface area contributed by atoms with Gasteiger partial charge in [0, 0.05) is 11.9 Å². The summed E-state index contributed by atoms with van der Waals surface area (Å²) in [5.41, 5.74) is -0.292. The molecular weight excluding hydrogens is 333 g/mol. The Morgan fingerprint density at radius 3 is 2.32 bits per heavy atom. The van der Waals surface area contributed by atoms with Crippen molar-refractivity contribution in [3.63, 3.8) is 0 Å². The van der Waals surface area contributed by atoms with E-state index in [2.05, 4.69) is 5.32 Å². The van der Waals surface area contributed by atoms with Gasteiger partial charge in [-0.05, 0) is 41.7 Å². The van der Waals surface area contributed by atoms with Crippen molar-refractivity contribution in [3.05, 3.63) is 63.1 Å². The van der Waals surface area contributed by atoms with Gasteiger partial charge in [-0.25, -0.2) is 0 Å². The fraction of sp³-hybridized carbons (Fsp3) is 0.333. The highest BCUT2D eigenvalue weighted by Crippen LogP contribution is 2.29. The highest BCUT2D eigenvalue weighted by Gasteiger charge is 2.32. The number of rotatable bonds is 2. The zero-order valence-corrected chi connectivity index (χ0v) is 14.3. The van der Waals surface area contributed by atoms with Gasteiger partial charge in [-0.1, -0.05) is 26.8 Å². The number of aryl methyl sites for hydroxylation is 1. The zero-order chi connectivity index (χ0) is 19.0. The number of carbonyl (C=O) groups excluding carboxylic acids is 1. The Hall–Kier alpha value is -2.57. The van der Waals surface area contributed by atoms with Crippen molar-refractivity contribution in [1.29, 1.82) is 0 Å². The standard InChI is InChI=1S/C18H19F3N2O2/c1-10-5-6-12(8-14(10)17(2,3)4)23-16(25)13-7-11(18(19,20)21)9-22-15(13)24/h5-9H,1-4H3,(H,22,24)(H,23,25). The lowest BCUT2D eigenvalue weighted by Gasteiger charge is -2.22. The number of pyridine rings is 1. The second-order valence-corrected chi connectivity index (χ2v) is 6.86. The van der Waals surface area contributed by atoms with Gasteiger partial charge in [0.2, 0.25) is 0 Å². The Bertz CT molecular complexity index is 862. The Balaban J connectivity index is 2.37. The molecule has 4 nitrogen and oxygen atoms in total. The van der Waals surface area contributed by atoms with Gasteiger partial charge in [0.05, 0.1) is 5.56 Å². The number of halogens is 3. The molecule has 1 amide bonds. The lowest BCUT2D eigenvalue weighted by molar-refractivity contribution is -0.137. The van der Waals surface area contributed by atoms with Crippen molar-refractivity contribution in [2.24, 2.45) is 0 Å². The number of benzene rings is 1. The summed E-state index contributed by atoms with van der Waals surface area (Å²) in [5, 5.41) is 2.49. The molecule has 2 aromatic rings. The third-order valence-electron chi connectivity index (χ3n) is 3.78. The Kier molecular flexibility index (Phi) is 4.79. The fourth-order valence-corrected chi connectivity index (χ4v) is 2.52. The molecule has 0 atom stereocenters. The van der Waals surface area contributed by atoms with Crippen LogP contribution in [0.2, 0.25) is 0 Å².